The van der Waals surface area contributed by atoms with Crippen molar-refractivity contribution in [2.24, 2.45) is 11.8 Å². The molecule has 26 heavy (non-hydrogen) atoms. The van der Waals surface area contributed by atoms with Gasteiger partial charge in [0.1, 0.15) is 11.2 Å². The van der Waals surface area contributed by atoms with Crippen LogP contribution in [-0.4, -0.2) is 24.1 Å². The summed E-state index contributed by atoms with van der Waals surface area (Å²) >= 11 is 0. The summed E-state index contributed by atoms with van der Waals surface area (Å²) in [5.41, 5.74) is 1.98. The molecule has 130 valence electrons. The molecule has 5 rings (SSSR count). The van der Waals surface area contributed by atoms with Crippen LogP contribution >= 0.6 is 0 Å². The zero-order valence-corrected chi connectivity index (χ0v) is 13.5. The predicted molar refractivity (Wildman–Crippen MR) is 92.1 cm³/mol. The minimum absolute atomic E-state index is 0.397. The number of hydrogen-bond acceptors (Lipinski definition) is 5. The highest BCUT2D eigenvalue weighted by Crippen LogP contribution is 2.39. The number of nitrogens with one attached hydrogen (secondary N) is 1. The molecule has 0 aliphatic carbocycles. The average Bonchev–Trinajstić information content (AvgIpc) is 3.33. The Morgan fingerprint density at radius 3 is 2.46 bits per heavy atom. The van der Waals surface area contributed by atoms with Gasteiger partial charge >= 0.3 is 0 Å². The molecule has 3 aromatic rings. The van der Waals surface area contributed by atoms with Crippen LogP contribution in [-0.2, 0) is 14.3 Å². The summed E-state index contributed by atoms with van der Waals surface area (Å²) in [5.74, 6) is -3.44. The number of hydrogen-bond donors (Lipinski definition) is 1. The van der Waals surface area contributed by atoms with Crippen molar-refractivity contribution in [3.63, 3.8) is 0 Å². The normalized spacial score (nSPS) is 26.6. The number of aliphatic carboxylic acids is 1. The van der Waals surface area contributed by atoms with Crippen LogP contribution in [0, 0.1) is 11.8 Å². The maximum Gasteiger partial charge on any atom is 0.231 e. The standard InChI is InChI=1S/C20H15NO5/c22-19(17-14-7-8-15(26-14)18(17)20(23)24)21-10-5-6-12-11-3-1-2-4-13(11)25-16(12)9-10/h1-9,14-15,17-18H,(H,21,22)(H,23,24)/p-1/t14-,15+,17-,18-/m0/s1. The minimum Gasteiger partial charge on any atom is -0.550 e. The average molecular weight is 348 g/mol. The van der Waals surface area contributed by atoms with Gasteiger partial charge in [0, 0.05) is 34.4 Å². The fourth-order valence-electron chi connectivity index (χ4n) is 3.93. The molecule has 1 amide bonds. The van der Waals surface area contributed by atoms with Gasteiger partial charge in [0.05, 0.1) is 18.1 Å². The molecule has 0 spiro atoms. The Bertz CT molecular complexity index is 1080. The van der Waals surface area contributed by atoms with E-state index < -0.39 is 35.9 Å². The molecule has 4 atom stereocenters. The largest absolute Gasteiger partial charge is 0.550 e. The molecule has 1 fully saturated rings. The monoisotopic (exact) mass is 348 g/mol. The van der Waals surface area contributed by atoms with E-state index in [9.17, 15) is 14.7 Å². The summed E-state index contributed by atoms with van der Waals surface area (Å²) in [6, 6.07) is 13.1. The molecular weight excluding hydrogens is 334 g/mol. The van der Waals surface area contributed by atoms with Gasteiger partial charge in [-0.3, -0.25) is 4.79 Å². The van der Waals surface area contributed by atoms with Crippen LogP contribution in [0.3, 0.4) is 0 Å². The first-order valence-electron chi connectivity index (χ1n) is 8.38. The molecule has 3 heterocycles. The topological polar surface area (TPSA) is 91.6 Å². The molecule has 1 N–H and O–H groups in total. The zero-order valence-electron chi connectivity index (χ0n) is 13.5. The number of ether oxygens (including phenoxy) is 1. The smallest absolute Gasteiger partial charge is 0.231 e. The van der Waals surface area contributed by atoms with Gasteiger partial charge in [0.25, 0.3) is 0 Å². The predicted octanol–water partition coefficient (Wildman–Crippen LogP) is 1.84. The summed E-state index contributed by atoms with van der Waals surface area (Å²) < 4.78 is 11.3. The minimum atomic E-state index is -1.27. The summed E-state index contributed by atoms with van der Waals surface area (Å²) in [5, 5.41) is 16.2. The van der Waals surface area contributed by atoms with Gasteiger partial charge in [0.2, 0.25) is 5.91 Å². The van der Waals surface area contributed by atoms with E-state index in [-0.39, 0.29) is 0 Å². The molecule has 1 aromatic heterocycles. The number of para-hydroxylation sites is 1. The first-order chi connectivity index (χ1) is 12.6. The van der Waals surface area contributed by atoms with E-state index in [0.717, 1.165) is 16.4 Å². The Morgan fingerprint density at radius 1 is 0.923 bits per heavy atom. The van der Waals surface area contributed by atoms with Crippen molar-refractivity contribution in [2.75, 3.05) is 5.32 Å². The highest BCUT2D eigenvalue weighted by atomic mass is 16.5. The number of carboxylic acids is 1. The number of fused-ring (bicyclic) bond motifs is 5. The number of benzene rings is 2. The van der Waals surface area contributed by atoms with Crippen molar-refractivity contribution >= 4 is 39.5 Å². The zero-order chi connectivity index (χ0) is 17.8. The van der Waals surface area contributed by atoms with E-state index in [1.165, 1.54) is 0 Å². The van der Waals surface area contributed by atoms with E-state index >= 15 is 0 Å². The number of anilines is 1. The van der Waals surface area contributed by atoms with E-state index in [0.29, 0.717) is 11.3 Å². The third kappa shape index (κ3) is 2.16. The van der Waals surface area contributed by atoms with E-state index in [1.54, 1.807) is 24.3 Å². The van der Waals surface area contributed by atoms with Gasteiger partial charge < -0.3 is 24.4 Å². The van der Waals surface area contributed by atoms with E-state index in [2.05, 4.69) is 5.32 Å². The van der Waals surface area contributed by atoms with Crippen LogP contribution in [0.2, 0.25) is 0 Å². The fourth-order valence-corrected chi connectivity index (χ4v) is 3.93. The third-order valence-corrected chi connectivity index (χ3v) is 5.12. The molecule has 0 unspecified atom stereocenters. The van der Waals surface area contributed by atoms with Gasteiger partial charge in [-0.05, 0) is 18.2 Å². The number of carboxylic acid groups (broad SMARTS) is 1. The van der Waals surface area contributed by atoms with Crippen LogP contribution in [0.15, 0.2) is 59.0 Å². The fraction of sp³-hybridized carbons (Fsp3) is 0.200. The molecule has 2 bridgehead atoms. The second kappa shape index (κ2) is 5.44. The van der Waals surface area contributed by atoms with Crippen LogP contribution in [0.25, 0.3) is 21.9 Å². The van der Waals surface area contributed by atoms with Gasteiger partial charge in [0.15, 0.2) is 0 Å². The maximum absolute atomic E-state index is 12.7. The van der Waals surface area contributed by atoms with Gasteiger partial charge in [-0.15, -0.1) is 0 Å². The lowest BCUT2D eigenvalue weighted by Crippen LogP contribution is -2.45. The van der Waals surface area contributed by atoms with Crippen LogP contribution in [0.1, 0.15) is 0 Å². The van der Waals surface area contributed by atoms with Crippen molar-refractivity contribution in [1.29, 1.82) is 0 Å². The number of carbonyl (C=O) groups excluding carboxylic acids is 2. The molecule has 6 heteroatoms. The summed E-state index contributed by atoms with van der Waals surface area (Å²) in [6.45, 7) is 0. The quantitative estimate of drug-likeness (QED) is 0.729. The van der Waals surface area contributed by atoms with Crippen molar-refractivity contribution in [2.45, 2.75) is 12.2 Å². The first kappa shape index (κ1) is 15.2. The second-order valence-corrected chi connectivity index (χ2v) is 6.62. The molecule has 6 nitrogen and oxygen atoms in total. The van der Waals surface area contributed by atoms with E-state index in [4.69, 9.17) is 9.15 Å². The summed E-state index contributed by atoms with van der Waals surface area (Å²) in [7, 11) is 0. The SMILES string of the molecule is O=C(Nc1ccc2c(c1)oc1ccccc12)[C@@H]1[C@@H](C(=O)[O-])[C@H]2C=C[C@@H]1O2. The Kier molecular flexibility index (Phi) is 3.17. The molecule has 2 aliphatic heterocycles. The third-order valence-electron chi connectivity index (χ3n) is 5.12. The molecule has 0 radical (unpaired) electrons. The first-order valence-corrected chi connectivity index (χ1v) is 8.38. The van der Waals surface area contributed by atoms with Gasteiger partial charge in [-0.2, -0.15) is 0 Å². The number of amides is 1. The number of carbonyl (C=O) groups is 2. The van der Waals surface area contributed by atoms with Crippen molar-refractivity contribution < 1.29 is 23.8 Å². The Morgan fingerprint density at radius 2 is 1.65 bits per heavy atom. The summed E-state index contributed by atoms with van der Waals surface area (Å²) in [4.78, 5) is 24.1. The number of furan rings is 1. The molecule has 1 saturated heterocycles. The van der Waals surface area contributed by atoms with Crippen molar-refractivity contribution in [1.82, 2.24) is 0 Å². The molecular formula is C20H14NO5-. The Labute approximate surface area is 148 Å². The second-order valence-electron chi connectivity index (χ2n) is 6.62. The van der Waals surface area contributed by atoms with E-state index in [1.807, 2.05) is 30.3 Å². The Hall–Kier alpha value is -3.12. The molecule has 2 aliphatic rings. The van der Waals surface area contributed by atoms with Crippen LogP contribution < -0.4 is 10.4 Å². The highest BCUT2D eigenvalue weighted by Gasteiger charge is 2.50. The maximum atomic E-state index is 12.7. The van der Waals surface area contributed by atoms with Crippen LogP contribution in [0.5, 0.6) is 0 Å². The van der Waals surface area contributed by atoms with Gasteiger partial charge in [-0.25, -0.2) is 0 Å². The lowest BCUT2D eigenvalue weighted by atomic mass is 9.82. The van der Waals surface area contributed by atoms with Crippen LogP contribution in [0.4, 0.5) is 5.69 Å². The number of rotatable bonds is 3. The molecule has 0 saturated carbocycles. The lowest BCUT2D eigenvalue weighted by molar-refractivity contribution is -0.313. The summed E-state index contributed by atoms with van der Waals surface area (Å²) in [6.07, 6.45) is 2.28. The highest BCUT2D eigenvalue weighted by molar-refractivity contribution is 6.06. The molecule has 2 aromatic carbocycles. The van der Waals surface area contributed by atoms with Crippen molar-refractivity contribution in [3.05, 3.63) is 54.6 Å². The van der Waals surface area contributed by atoms with Gasteiger partial charge in [-0.1, -0.05) is 30.4 Å². The lowest BCUT2D eigenvalue weighted by Gasteiger charge is -2.24. The Balaban J connectivity index is 1.45. The van der Waals surface area contributed by atoms with Crippen molar-refractivity contribution in [3.8, 4) is 0 Å².